The molecule has 0 aliphatic carbocycles. The van der Waals surface area contributed by atoms with Crippen molar-refractivity contribution in [3.63, 3.8) is 0 Å². The first-order valence-corrected chi connectivity index (χ1v) is 9.28. The topological polar surface area (TPSA) is 42.4 Å². The van der Waals surface area contributed by atoms with Gasteiger partial charge in [0.25, 0.3) is 0 Å². The maximum atomic E-state index is 12.3. The molecule has 0 N–H and O–H groups in total. The number of hydrogen-bond acceptors (Lipinski definition) is 4. The summed E-state index contributed by atoms with van der Waals surface area (Å²) >= 11 is 1.70. The van der Waals surface area contributed by atoms with Gasteiger partial charge in [-0.15, -0.1) is 11.3 Å². The Labute approximate surface area is 147 Å². The van der Waals surface area contributed by atoms with Gasteiger partial charge in [0.05, 0.1) is 23.7 Å². The molecule has 5 heteroatoms. The van der Waals surface area contributed by atoms with Crippen molar-refractivity contribution in [1.82, 2.24) is 9.88 Å². The molecule has 2 aromatic rings. The zero-order chi connectivity index (χ0) is 17.0. The summed E-state index contributed by atoms with van der Waals surface area (Å²) in [7, 11) is 1.63. The molecule has 1 aliphatic rings. The average Bonchev–Trinajstić information content (AvgIpc) is 3.07. The Kier molecular flexibility index (Phi) is 5.31. The van der Waals surface area contributed by atoms with Gasteiger partial charge in [0.1, 0.15) is 0 Å². The van der Waals surface area contributed by atoms with Gasteiger partial charge >= 0.3 is 0 Å². The molecule has 0 bridgehead atoms. The highest BCUT2D eigenvalue weighted by Crippen LogP contribution is 2.42. The first-order valence-electron chi connectivity index (χ1n) is 8.40. The molecule has 1 aliphatic heterocycles. The van der Waals surface area contributed by atoms with Crippen molar-refractivity contribution in [2.45, 2.75) is 31.6 Å². The number of carbonyl (C=O) groups is 1. The molecule has 0 spiro atoms. The van der Waals surface area contributed by atoms with Crippen LogP contribution in [0.3, 0.4) is 0 Å². The number of rotatable bonds is 5. The number of hydrogen-bond donors (Lipinski definition) is 0. The minimum atomic E-state index is -0.0793. The Morgan fingerprint density at radius 3 is 2.58 bits per heavy atom. The van der Waals surface area contributed by atoms with E-state index >= 15 is 0 Å². The predicted octanol–water partition coefficient (Wildman–Crippen LogP) is 3.40. The van der Waals surface area contributed by atoms with Crippen LogP contribution in [0.25, 0.3) is 0 Å². The third kappa shape index (κ3) is 3.37. The molecule has 1 aromatic heterocycles. The maximum Gasteiger partial charge on any atom is 0.224 e. The van der Waals surface area contributed by atoms with Crippen LogP contribution in [0.5, 0.6) is 0 Å². The van der Waals surface area contributed by atoms with E-state index in [-0.39, 0.29) is 11.3 Å². The highest BCUT2D eigenvalue weighted by Gasteiger charge is 2.40. The summed E-state index contributed by atoms with van der Waals surface area (Å²) in [5, 5.41) is 3.28. The van der Waals surface area contributed by atoms with E-state index in [1.807, 2.05) is 11.0 Å². The van der Waals surface area contributed by atoms with Crippen LogP contribution in [0.4, 0.5) is 0 Å². The lowest BCUT2D eigenvalue weighted by atomic mass is 9.70. The van der Waals surface area contributed by atoms with E-state index in [0.717, 1.165) is 36.6 Å². The van der Waals surface area contributed by atoms with Gasteiger partial charge < -0.3 is 9.64 Å². The van der Waals surface area contributed by atoms with E-state index in [1.165, 1.54) is 5.56 Å². The fraction of sp³-hybridized carbons (Fsp3) is 0.474. The van der Waals surface area contributed by atoms with Crippen molar-refractivity contribution in [2.75, 3.05) is 26.8 Å². The number of aromatic nitrogens is 1. The quantitative estimate of drug-likeness (QED) is 0.835. The third-order valence-electron chi connectivity index (χ3n) is 4.93. The Morgan fingerprint density at radius 1 is 1.29 bits per heavy atom. The number of thiazole rings is 1. The van der Waals surface area contributed by atoms with E-state index in [2.05, 4.69) is 36.6 Å². The molecule has 24 heavy (non-hydrogen) atoms. The Bertz CT molecular complexity index is 676. The maximum absolute atomic E-state index is 12.3. The molecular formula is C19H24N2O2S. The van der Waals surface area contributed by atoms with E-state index in [1.54, 1.807) is 18.4 Å². The van der Waals surface area contributed by atoms with Crippen molar-refractivity contribution in [2.24, 2.45) is 0 Å². The van der Waals surface area contributed by atoms with Crippen LogP contribution in [0.1, 0.15) is 35.5 Å². The highest BCUT2D eigenvalue weighted by atomic mass is 32.1. The molecule has 2 heterocycles. The summed E-state index contributed by atoms with van der Waals surface area (Å²) < 4.78 is 5.03. The molecule has 3 rings (SSSR count). The summed E-state index contributed by atoms with van der Waals surface area (Å²) in [6, 6.07) is 10.6. The second-order valence-corrected chi connectivity index (χ2v) is 7.39. The van der Waals surface area contributed by atoms with Gasteiger partial charge in [-0.25, -0.2) is 4.98 Å². The Balaban J connectivity index is 1.83. The molecule has 0 saturated carbocycles. The van der Waals surface area contributed by atoms with E-state index in [0.29, 0.717) is 13.0 Å². The van der Waals surface area contributed by atoms with Crippen molar-refractivity contribution in [3.05, 3.63) is 52.0 Å². The van der Waals surface area contributed by atoms with E-state index in [4.69, 9.17) is 9.72 Å². The molecular weight excluding hydrogens is 320 g/mol. The molecule has 1 aromatic carbocycles. The number of piperidine rings is 1. The van der Waals surface area contributed by atoms with Gasteiger partial charge in [0.15, 0.2) is 0 Å². The lowest BCUT2D eigenvalue weighted by Crippen LogP contribution is -2.46. The third-order valence-corrected chi connectivity index (χ3v) is 5.70. The van der Waals surface area contributed by atoms with Gasteiger partial charge in [-0.3, -0.25) is 4.79 Å². The SMILES string of the molecule is COCCC(=O)N1CCC(c2ccccc2)(c2csc(C)n2)CC1. The summed E-state index contributed by atoms with van der Waals surface area (Å²) in [6.07, 6.45) is 2.29. The van der Waals surface area contributed by atoms with Gasteiger partial charge in [0.2, 0.25) is 5.91 Å². The summed E-state index contributed by atoms with van der Waals surface area (Å²) in [4.78, 5) is 19.0. The number of likely N-dealkylation sites (tertiary alicyclic amines) is 1. The summed E-state index contributed by atoms with van der Waals surface area (Å²) in [6.45, 7) is 4.09. The Hall–Kier alpha value is -1.72. The van der Waals surface area contributed by atoms with Crippen molar-refractivity contribution >= 4 is 17.2 Å². The van der Waals surface area contributed by atoms with Crippen LogP contribution in [-0.4, -0.2) is 42.6 Å². The van der Waals surface area contributed by atoms with Gasteiger partial charge in [-0.2, -0.15) is 0 Å². The van der Waals surface area contributed by atoms with Crippen LogP contribution in [0.15, 0.2) is 35.7 Å². The standard InChI is InChI=1S/C19H24N2O2S/c1-15-20-17(14-24-15)19(16-6-4-3-5-7-16)9-11-21(12-10-19)18(22)8-13-23-2/h3-7,14H,8-13H2,1-2H3. The zero-order valence-corrected chi connectivity index (χ0v) is 15.1. The second kappa shape index (κ2) is 7.45. The second-order valence-electron chi connectivity index (χ2n) is 6.32. The number of aryl methyl sites for hydroxylation is 1. The number of amides is 1. The molecule has 0 unspecified atom stereocenters. The van der Waals surface area contributed by atoms with Crippen molar-refractivity contribution < 1.29 is 9.53 Å². The first-order chi connectivity index (χ1) is 11.7. The van der Waals surface area contributed by atoms with Gasteiger partial charge in [0, 0.05) is 31.0 Å². The van der Waals surface area contributed by atoms with Crippen LogP contribution in [0, 0.1) is 6.92 Å². The number of nitrogens with zero attached hydrogens (tertiary/aromatic N) is 2. The minimum Gasteiger partial charge on any atom is -0.384 e. The smallest absolute Gasteiger partial charge is 0.224 e. The number of benzene rings is 1. The van der Waals surface area contributed by atoms with E-state index in [9.17, 15) is 4.79 Å². The largest absolute Gasteiger partial charge is 0.384 e. The van der Waals surface area contributed by atoms with Crippen molar-refractivity contribution in [1.29, 1.82) is 0 Å². The van der Waals surface area contributed by atoms with Crippen LogP contribution in [0.2, 0.25) is 0 Å². The molecule has 128 valence electrons. The molecule has 0 atom stereocenters. The molecule has 1 fully saturated rings. The fourth-order valence-electron chi connectivity index (χ4n) is 3.52. The zero-order valence-electron chi connectivity index (χ0n) is 14.3. The molecule has 1 saturated heterocycles. The molecule has 4 nitrogen and oxygen atoms in total. The molecule has 0 radical (unpaired) electrons. The monoisotopic (exact) mass is 344 g/mol. The number of carbonyl (C=O) groups excluding carboxylic acids is 1. The number of methoxy groups -OCH3 is 1. The normalized spacial score (nSPS) is 17.0. The van der Waals surface area contributed by atoms with Crippen molar-refractivity contribution in [3.8, 4) is 0 Å². The average molecular weight is 344 g/mol. The highest BCUT2D eigenvalue weighted by molar-refractivity contribution is 7.09. The summed E-state index contributed by atoms with van der Waals surface area (Å²) in [5.74, 6) is 0.188. The van der Waals surface area contributed by atoms with Crippen LogP contribution in [-0.2, 0) is 14.9 Å². The lowest BCUT2D eigenvalue weighted by molar-refractivity contribution is -0.133. The Morgan fingerprint density at radius 2 is 2.00 bits per heavy atom. The first kappa shape index (κ1) is 17.1. The fourth-order valence-corrected chi connectivity index (χ4v) is 4.23. The van der Waals surface area contributed by atoms with E-state index < -0.39 is 0 Å². The van der Waals surface area contributed by atoms with Crippen LogP contribution >= 0.6 is 11.3 Å². The van der Waals surface area contributed by atoms with Gasteiger partial charge in [-0.05, 0) is 25.3 Å². The minimum absolute atomic E-state index is 0.0793. The molecule has 1 amide bonds. The lowest BCUT2D eigenvalue weighted by Gasteiger charge is -2.41. The number of ether oxygens (including phenoxy) is 1. The predicted molar refractivity (Wildman–Crippen MR) is 96.4 cm³/mol. The van der Waals surface area contributed by atoms with Gasteiger partial charge in [-0.1, -0.05) is 30.3 Å². The summed E-state index contributed by atoms with van der Waals surface area (Å²) in [5.41, 5.74) is 2.38. The van der Waals surface area contributed by atoms with Crippen LogP contribution < -0.4 is 0 Å².